The van der Waals surface area contributed by atoms with Crippen molar-refractivity contribution in [1.29, 1.82) is 0 Å². The molecular weight excluding hydrogens is 374 g/mol. The molecule has 4 aromatic rings. The lowest BCUT2D eigenvalue weighted by Crippen LogP contribution is -2.01. The summed E-state index contributed by atoms with van der Waals surface area (Å²) in [6, 6.07) is 16.0. The summed E-state index contributed by atoms with van der Waals surface area (Å²) in [4.78, 5) is 0. The first-order valence-electron chi connectivity index (χ1n) is 8.73. The van der Waals surface area contributed by atoms with Crippen molar-refractivity contribution >= 4 is 11.8 Å². The number of aryl methyl sites for hydroxylation is 2. The van der Waals surface area contributed by atoms with E-state index in [0.717, 1.165) is 22.2 Å². The zero-order valence-corrected chi connectivity index (χ0v) is 16.6. The molecule has 0 atom stereocenters. The molecule has 0 aliphatic rings. The van der Waals surface area contributed by atoms with Crippen LogP contribution in [0.3, 0.4) is 0 Å². The minimum absolute atomic E-state index is 0.511. The maximum atomic E-state index is 5.53. The summed E-state index contributed by atoms with van der Waals surface area (Å²) < 4.78 is 13.0. The quantitative estimate of drug-likeness (QED) is 0.453. The van der Waals surface area contributed by atoms with Crippen LogP contribution in [-0.4, -0.2) is 32.1 Å². The maximum Gasteiger partial charge on any atom is 0.226 e. The maximum absolute atomic E-state index is 5.53. The fraction of sp³-hybridized carbons (Fsp3) is 0.200. The Morgan fingerprint density at radius 2 is 1.75 bits per heavy atom. The third-order valence-electron chi connectivity index (χ3n) is 4.17. The number of benzene rings is 2. The molecule has 7 nitrogen and oxygen atoms in total. The number of nitrogens with zero attached hydrogens (tertiary/aromatic N) is 5. The zero-order chi connectivity index (χ0) is 19.5. The summed E-state index contributed by atoms with van der Waals surface area (Å²) in [6.45, 7) is 3.83. The average molecular weight is 393 g/mol. The van der Waals surface area contributed by atoms with Crippen molar-refractivity contribution in [3.05, 3.63) is 65.9 Å². The van der Waals surface area contributed by atoms with Crippen molar-refractivity contribution in [3.63, 3.8) is 0 Å². The number of hydrogen-bond acceptors (Lipinski definition) is 7. The molecule has 0 N–H and O–H groups in total. The first-order chi connectivity index (χ1) is 13.7. The Kier molecular flexibility index (Phi) is 5.12. The van der Waals surface area contributed by atoms with E-state index in [9.17, 15) is 0 Å². The highest BCUT2D eigenvalue weighted by atomic mass is 32.2. The van der Waals surface area contributed by atoms with Crippen LogP contribution in [0.5, 0.6) is 5.75 Å². The molecule has 4 rings (SSSR count). The van der Waals surface area contributed by atoms with Gasteiger partial charge in [0, 0.05) is 12.6 Å². The largest absolute Gasteiger partial charge is 0.496 e. The van der Waals surface area contributed by atoms with E-state index in [1.165, 1.54) is 17.3 Å². The molecule has 0 aliphatic carbocycles. The van der Waals surface area contributed by atoms with Gasteiger partial charge in [-0.25, -0.2) is 0 Å². The molecule has 0 saturated carbocycles. The van der Waals surface area contributed by atoms with Gasteiger partial charge in [0.05, 0.1) is 18.4 Å². The number of ether oxygens (including phenoxy) is 1. The van der Waals surface area contributed by atoms with Gasteiger partial charge < -0.3 is 9.15 Å². The van der Waals surface area contributed by atoms with Crippen molar-refractivity contribution in [2.75, 3.05) is 7.11 Å². The number of para-hydroxylation sites is 1. The molecule has 28 heavy (non-hydrogen) atoms. The molecule has 142 valence electrons. The van der Waals surface area contributed by atoms with E-state index >= 15 is 0 Å². The van der Waals surface area contributed by atoms with Gasteiger partial charge in [0.15, 0.2) is 11.0 Å². The standard InChI is InChI=1S/C20H19N5O2S/c1-13-8-10-15(11-9-13)25-19(16-6-4-5-7-17(16)26-3)23-24-20(25)28-12-18-22-21-14(2)27-18/h4-11H,12H2,1-3H3. The highest BCUT2D eigenvalue weighted by molar-refractivity contribution is 7.98. The molecule has 2 aromatic carbocycles. The van der Waals surface area contributed by atoms with Crippen LogP contribution in [0, 0.1) is 13.8 Å². The van der Waals surface area contributed by atoms with Gasteiger partial charge in [-0.05, 0) is 31.2 Å². The normalized spacial score (nSPS) is 11.0. The molecular formula is C20H19N5O2S. The Bertz CT molecular complexity index is 1090. The van der Waals surface area contributed by atoms with Crippen LogP contribution in [0.1, 0.15) is 17.3 Å². The van der Waals surface area contributed by atoms with Crippen LogP contribution in [-0.2, 0) is 5.75 Å². The van der Waals surface area contributed by atoms with Crippen LogP contribution in [0.2, 0.25) is 0 Å². The SMILES string of the molecule is COc1ccccc1-c1nnc(SCc2nnc(C)o2)n1-c1ccc(C)cc1. The zero-order valence-electron chi connectivity index (χ0n) is 15.8. The second-order valence-electron chi connectivity index (χ2n) is 6.18. The molecule has 0 saturated heterocycles. The number of aromatic nitrogens is 5. The van der Waals surface area contributed by atoms with Gasteiger partial charge in [0.1, 0.15) is 5.75 Å². The molecule has 8 heteroatoms. The topological polar surface area (TPSA) is 78.9 Å². The molecule has 0 amide bonds. The van der Waals surface area contributed by atoms with Crippen LogP contribution in [0.25, 0.3) is 17.1 Å². The van der Waals surface area contributed by atoms with Gasteiger partial charge in [0.2, 0.25) is 11.8 Å². The second kappa shape index (κ2) is 7.85. The molecule has 0 fully saturated rings. The average Bonchev–Trinajstić information content (AvgIpc) is 3.33. The highest BCUT2D eigenvalue weighted by Gasteiger charge is 2.19. The van der Waals surface area contributed by atoms with Crippen LogP contribution in [0.4, 0.5) is 0 Å². The summed E-state index contributed by atoms with van der Waals surface area (Å²) >= 11 is 1.49. The van der Waals surface area contributed by atoms with Crippen LogP contribution < -0.4 is 4.74 Å². The van der Waals surface area contributed by atoms with Crippen LogP contribution >= 0.6 is 11.8 Å². The fourth-order valence-corrected chi connectivity index (χ4v) is 3.60. The van der Waals surface area contributed by atoms with E-state index in [-0.39, 0.29) is 0 Å². The highest BCUT2D eigenvalue weighted by Crippen LogP contribution is 2.34. The molecule has 2 aromatic heterocycles. The number of methoxy groups -OCH3 is 1. The Hall–Kier alpha value is -3.13. The van der Waals surface area contributed by atoms with Crippen molar-refractivity contribution in [1.82, 2.24) is 25.0 Å². The van der Waals surface area contributed by atoms with Gasteiger partial charge in [-0.3, -0.25) is 4.57 Å². The number of rotatable bonds is 6. The minimum atomic E-state index is 0.511. The molecule has 0 unspecified atom stereocenters. The van der Waals surface area contributed by atoms with E-state index < -0.39 is 0 Å². The predicted molar refractivity (Wildman–Crippen MR) is 107 cm³/mol. The van der Waals surface area contributed by atoms with E-state index in [4.69, 9.17) is 9.15 Å². The van der Waals surface area contributed by atoms with Crippen molar-refractivity contribution in [3.8, 4) is 22.8 Å². The van der Waals surface area contributed by atoms with Gasteiger partial charge in [-0.15, -0.1) is 20.4 Å². The molecule has 0 aliphatic heterocycles. The predicted octanol–water partition coefficient (Wildman–Crippen LogP) is 4.24. The van der Waals surface area contributed by atoms with E-state index in [1.54, 1.807) is 14.0 Å². The monoisotopic (exact) mass is 393 g/mol. The summed E-state index contributed by atoms with van der Waals surface area (Å²) in [6.07, 6.45) is 0. The molecule has 0 bridgehead atoms. The molecule has 2 heterocycles. The van der Waals surface area contributed by atoms with Crippen LogP contribution in [0.15, 0.2) is 58.1 Å². The first kappa shape index (κ1) is 18.2. The summed E-state index contributed by atoms with van der Waals surface area (Å²) in [5.74, 6) is 3.07. The van der Waals surface area contributed by atoms with E-state index in [2.05, 4.69) is 51.6 Å². The van der Waals surface area contributed by atoms with Gasteiger partial charge in [-0.2, -0.15) is 0 Å². The van der Waals surface area contributed by atoms with Crippen molar-refractivity contribution in [2.24, 2.45) is 0 Å². The Labute approximate surface area is 166 Å². The number of hydrogen-bond donors (Lipinski definition) is 0. The van der Waals surface area contributed by atoms with Crippen molar-refractivity contribution < 1.29 is 9.15 Å². The lowest BCUT2D eigenvalue weighted by molar-refractivity contribution is 0.416. The summed E-state index contributed by atoms with van der Waals surface area (Å²) in [5, 5.41) is 17.5. The van der Waals surface area contributed by atoms with Gasteiger partial charge in [0.25, 0.3) is 0 Å². The fourth-order valence-electron chi connectivity index (χ4n) is 2.82. The third-order valence-corrected chi connectivity index (χ3v) is 5.08. The third kappa shape index (κ3) is 3.63. The van der Waals surface area contributed by atoms with Gasteiger partial charge in [-0.1, -0.05) is 41.6 Å². The van der Waals surface area contributed by atoms with Gasteiger partial charge >= 0.3 is 0 Å². The minimum Gasteiger partial charge on any atom is -0.496 e. The summed E-state index contributed by atoms with van der Waals surface area (Å²) in [5.41, 5.74) is 3.03. The number of thioether (sulfide) groups is 1. The smallest absolute Gasteiger partial charge is 0.226 e. The molecule has 0 spiro atoms. The first-order valence-corrected chi connectivity index (χ1v) is 9.72. The van der Waals surface area contributed by atoms with E-state index in [1.807, 2.05) is 28.8 Å². The Balaban J connectivity index is 1.78. The summed E-state index contributed by atoms with van der Waals surface area (Å²) in [7, 11) is 1.65. The Morgan fingerprint density at radius 3 is 2.46 bits per heavy atom. The molecule has 0 radical (unpaired) electrons. The lowest BCUT2D eigenvalue weighted by Gasteiger charge is -2.12. The second-order valence-corrected chi connectivity index (χ2v) is 7.12. The van der Waals surface area contributed by atoms with E-state index in [0.29, 0.717) is 23.4 Å². The Morgan fingerprint density at radius 1 is 0.964 bits per heavy atom. The van der Waals surface area contributed by atoms with Crippen molar-refractivity contribution in [2.45, 2.75) is 24.8 Å². The lowest BCUT2D eigenvalue weighted by atomic mass is 10.1.